The summed E-state index contributed by atoms with van der Waals surface area (Å²) in [5.41, 5.74) is 5.27. The molecule has 0 atom stereocenters. The van der Waals surface area contributed by atoms with Crippen LogP contribution in [0.2, 0.25) is 0 Å². The number of hydrogen-bond acceptors (Lipinski definition) is 3. The Hall–Kier alpha value is -2.23. The maximum Gasteiger partial charge on any atom is 0.119 e. The van der Waals surface area contributed by atoms with E-state index >= 15 is 0 Å². The van der Waals surface area contributed by atoms with Gasteiger partial charge in [-0.1, -0.05) is 54.2 Å². The van der Waals surface area contributed by atoms with Gasteiger partial charge in [-0.3, -0.25) is 0 Å². The molecule has 0 unspecified atom stereocenters. The first kappa shape index (κ1) is 15.3. The molecule has 3 aromatic carbocycles. The molecule has 1 N–H and O–H groups in total. The first-order chi connectivity index (χ1) is 11.8. The number of rotatable bonds is 4. The molecule has 0 aromatic heterocycles. The van der Waals surface area contributed by atoms with Gasteiger partial charge < -0.3 is 9.84 Å². The van der Waals surface area contributed by atoms with Crippen LogP contribution in [0.5, 0.6) is 5.75 Å². The standard InChI is InChI=1S/C21H18O2S/c22-12-13-23-17-10-8-15(9-11-17)18-5-3-7-21-19(18)14-16-4-1-2-6-20(16)24-21/h1-11,22H,12-14H2. The van der Waals surface area contributed by atoms with Crippen molar-refractivity contribution in [1.82, 2.24) is 0 Å². The van der Waals surface area contributed by atoms with Gasteiger partial charge in [-0.15, -0.1) is 0 Å². The summed E-state index contributed by atoms with van der Waals surface area (Å²) in [4.78, 5) is 2.70. The molecule has 1 aliphatic heterocycles. The van der Waals surface area contributed by atoms with Crippen LogP contribution in [0.4, 0.5) is 0 Å². The topological polar surface area (TPSA) is 29.5 Å². The van der Waals surface area contributed by atoms with Crippen LogP contribution < -0.4 is 4.74 Å². The molecule has 3 aromatic rings. The minimum Gasteiger partial charge on any atom is -0.491 e. The van der Waals surface area contributed by atoms with E-state index in [-0.39, 0.29) is 6.61 Å². The molecule has 3 heteroatoms. The highest BCUT2D eigenvalue weighted by molar-refractivity contribution is 7.99. The van der Waals surface area contributed by atoms with Crippen LogP contribution in [-0.4, -0.2) is 18.3 Å². The molecule has 0 aliphatic carbocycles. The Morgan fingerprint density at radius 2 is 1.67 bits per heavy atom. The van der Waals surface area contributed by atoms with Gasteiger partial charge in [-0.25, -0.2) is 0 Å². The van der Waals surface area contributed by atoms with Gasteiger partial charge in [0.05, 0.1) is 6.61 Å². The lowest BCUT2D eigenvalue weighted by Crippen LogP contribution is -2.02. The zero-order chi connectivity index (χ0) is 16.4. The highest BCUT2D eigenvalue weighted by atomic mass is 32.2. The third-order valence-electron chi connectivity index (χ3n) is 4.22. The lowest BCUT2D eigenvalue weighted by atomic mass is 9.94. The smallest absolute Gasteiger partial charge is 0.119 e. The normalized spacial score (nSPS) is 12.4. The number of benzene rings is 3. The van der Waals surface area contributed by atoms with Crippen molar-refractivity contribution in [1.29, 1.82) is 0 Å². The minimum atomic E-state index is 0.0323. The highest BCUT2D eigenvalue weighted by Gasteiger charge is 2.18. The van der Waals surface area contributed by atoms with Crippen LogP contribution in [0.1, 0.15) is 11.1 Å². The largest absolute Gasteiger partial charge is 0.491 e. The van der Waals surface area contributed by atoms with E-state index in [0.29, 0.717) is 6.61 Å². The van der Waals surface area contributed by atoms with Gasteiger partial charge in [-0.2, -0.15) is 0 Å². The van der Waals surface area contributed by atoms with Crippen LogP contribution in [0, 0.1) is 0 Å². The number of aliphatic hydroxyl groups is 1. The summed E-state index contributed by atoms with van der Waals surface area (Å²) >= 11 is 1.85. The van der Waals surface area contributed by atoms with Crippen molar-refractivity contribution in [3.05, 3.63) is 77.9 Å². The predicted molar refractivity (Wildman–Crippen MR) is 97.8 cm³/mol. The van der Waals surface area contributed by atoms with Crippen molar-refractivity contribution in [3.8, 4) is 16.9 Å². The third kappa shape index (κ3) is 2.93. The molecular formula is C21H18O2S. The van der Waals surface area contributed by atoms with E-state index in [4.69, 9.17) is 9.84 Å². The van der Waals surface area contributed by atoms with Gasteiger partial charge in [0.1, 0.15) is 12.4 Å². The Balaban J connectivity index is 1.68. The van der Waals surface area contributed by atoms with Crippen LogP contribution in [0.3, 0.4) is 0 Å². The average Bonchev–Trinajstić information content (AvgIpc) is 2.64. The molecule has 1 heterocycles. The van der Waals surface area contributed by atoms with Crippen molar-refractivity contribution in [2.75, 3.05) is 13.2 Å². The Morgan fingerprint density at radius 1 is 0.875 bits per heavy atom. The van der Waals surface area contributed by atoms with Gasteiger partial charge in [0.15, 0.2) is 0 Å². The van der Waals surface area contributed by atoms with E-state index < -0.39 is 0 Å². The van der Waals surface area contributed by atoms with Gasteiger partial charge in [-0.05, 0) is 46.5 Å². The average molecular weight is 334 g/mol. The zero-order valence-corrected chi connectivity index (χ0v) is 14.1. The van der Waals surface area contributed by atoms with Gasteiger partial charge >= 0.3 is 0 Å². The number of fused-ring (bicyclic) bond motifs is 2. The third-order valence-corrected chi connectivity index (χ3v) is 5.44. The quantitative estimate of drug-likeness (QED) is 0.582. The number of ether oxygens (including phenoxy) is 1. The van der Waals surface area contributed by atoms with Crippen LogP contribution in [0.15, 0.2) is 76.5 Å². The van der Waals surface area contributed by atoms with Crippen molar-refractivity contribution in [2.24, 2.45) is 0 Å². The number of hydrogen-bond donors (Lipinski definition) is 1. The van der Waals surface area contributed by atoms with Crippen LogP contribution in [0.25, 0.3) is 11.1 Å². The molecular weight excluding hydrogens is 316 g/mol. The van der Waals surface area contributed by atoms with Crippen molar-refractivity contribution in [2.45, 2.75) is 16.2 Å². The summed E-state index contributed by atoms with van der Waals surface area (Å²) in [5.74, 6) is 0.789. The molecule has 0 radical (unpaired) electrons. The molecule has 24 heavy (non-hydrogen) atoms. The summed E-state index contributed by atoms with van der Waals surface area (Å²) in [5, 5.41) is 8.85. The first-order valence-corrected chi connectivity index (χ1v) is 8.88. The van der Waals surface area contributed by atoms with Gasteiger partial charge in [0.2, 0.25) is 0 Å². The fourth-order valence-electron chi connectivity index (χ4n) is 3.07. The Morgan fingerprint density at radius 3 is 2.50 bits per heavy atom. The lowest BCUT2D eigenvalue weighted by molar-refractivity contribution is 0.201. The first-order valence-electron chi connectivity index (χ1n) is 8.07. The van der Waals surface area contributed by atoms with E-state index in [0.717, 1.165) is 12.2 Å². The van der Waals surface area contributed by atoms with E-state index in [1.54, 1.807) is 0 Å². The van der Waals surface area contributed by atoms with Crippen LogP contribution >= 0.6 is 11.8 Å². The predicted octanol–water partition coefficient (Wildman–Crippen LogP) is 4.78. The second-order valence-electron chi connectivity index (χ2n) is 5.77. The van der Waals surface area contributed by atoms with Gasteiger partial charge in [0.25, 0.3) is 0 Å². The monoisotopic (exact) mass is 334 g/mol. The van der Waals surface area contributed by atoms with E-state index in [1.807, 2.05) is 23.9 Å². The Kier molecular flexibility index (Phi) is 4.28. The molecule has 2 nitrogen and oxygen atoms in total. The number of aliphatic hydroxyl groups excluding tert-OH is 1. The molecule has 0 saturated carbocycles. The maximum atomic E-state index is 8.85. The van der Waals surface area contributed by atoms with Crippen molar-refractivity contribution >= 4 is 11.8 Å². The molecule has 0 saturated heterocycles. The highest BCUT2D eigenvalue weighted by Crippen LogP contribution is 2.43. The molecule has 4 rings (SSSR count). The zero-order valence-electron chi connectivity index (χ0n) is 13.2. The Labute approximate surface area is 146 Å². The molecule has 0 bridgehead atoms. The van der Waals surface area contributed by atoms with Crippen LogP contribution in [-0.2, 0) is 6.42 Å². The lowest BCUT2D eigenvalue weighted by Gasteiger charge is -2.21. The van der Waals surface area contributed by atoms with Gasteiger partial charge in [0, 0.05) is 16.2 Å². The summed E-state index contributed by atoms with van der Waals surface area (Å²) in [6, 6.07) is 23.3. The SMILES string of the molecule is OCCOc1ccc(-c2cccc3c2Cc2ccccc2S3)cc1. The van der Waals surface area contributed by atoms with E-state index in [2.05, 4.69) is 54.6 Å². The molecule has 1 aliphatic rings. The summed E-state index contributed by atoms with van der Waals surface area (Å²) < 4.78 is 5.45. The molecule has 120 valence electrons. The second kappa shape index (κ2) is 6.71. The molecule has 0 fully saturated rings. The summed E-state index contributed by atoms with van der Waals surface area (Å²) in [7, 11) is 0. The fourth-order valence-corrected chi connectivity index (χ4v) is 4.17. The van der Waals surface area contributed by atoms with Crippen molar-refractivity contribution < 1.29 is 9.84 Å². The maximum absolute atomic E-state index is 8.85. The van der Waals surface area contributed by atoms with Crippen molar-refractivity contribution in [3.63, 3.8) is 0 Å². The fraction of sp³-hybridized carbons (Fsp3) is 0.143. The summed E-state index contributed by atoms with van der Waals surface area (Å²) in [6.07, 6.45) is 0.970. The van der Waals surface area contributed by atoms with E-state index in [9.17, 15) is 0 Å². The second-order valence-corrected chi connectivity index (χ2v) is 6.85. The summed E-state index contributed by atoms with van der Waals surface area (Å²) in [6.45, 7) is 0.359. The molecule has 0 amide bonds. The van der Waals surface area contributed by atoms with E-state index in [1.165, 1.54) is 32.0 Å². The Bertz CT molecular complexity index is 856. The minimum absolute atomic E-state index is 0.0323. The molecule has 0 spiro atoms.